The first-order chi connectivity index (χ1) is 8.91. The zero-order valence-corrected chi connectivity index (χ0v) is 13.2. The fourth-order valence-electron chi connectivity index (χ4n) is 2.25. The van der Waals surface area contributed by atoms with Gasteiger partial charge in [-0.25, -0.2) is 4.39 Å². The number of benzene rings is 1. The van der Waals surface area contributed by atoms with E-state index in [9.17, 15) is 17.6 Å². The second-order valence-corrected chi connectivity index (χ2v) is 4.78. The Hall–Kier alpha value is -0.270. The molecule has 0 spiro atoms. The smallest absolute Gasteiger partial charge is 0.314 e. The third-order valence-corrected chi connectivity index (χ3v) is 3.39. The molecule has 1 aromatic rings. The van der Waals surface area contributed by atoms with Crippen molar-refractivity contribution in [2.45, 2.75) is 12.2 Å². The molecule has 1 fully saturated rings. The fraction of sp³-hybridized carbons (Fsp3) is 0.500. The Labute approximate surface area is 137 Å². The van der Waals surface area contributed by atoms with E-state index in [1.165, 1.54) is 17.0 Å². The highest BCUT2D eigenvalue weighted by Crippen LogP contribution is 2.39. The van der Waals surface area contributed by atoms with Crippen molar-refractivity contribution in [3.05, 3.63) is 34.6 Å². The zero-order chi connectivity index (χ0) is 14.0. The third kappa shape index (κ3) is 4.86. The lowest BCUT2D eigenvalue weighted by Gasteiger charge is -2.36. The summed E-state index contributed by atoms with van der Waals surface area (Å²) in [5, 5.41) is 2.68. The highest BCUT2D eigenvalue weighted by molar-refractivity contribution is 6.30. The van der Waals surface area contributed by atoms with E-state index in [0.29, 0.717) is 13.1 Å². The molecule has 122 valence electrons. The van der Waals surface area contributed by atoms with Gasteiger partial charge in [0, 0.05) is 31.7 Å². The van der Waals surface area contributed by atoms with Crippen LogP contribution >= 0.6 is 36.4 Å². The van der Waals surface area contributed by atoms with Gasteiger partial charge in [0.25, 0.3) is 0 Å². The average molecular weight is 370 g/mol. The van der Waals surface area contributed by atoms with Gasteiger partial charge in [-0.05, 0) is 6.07 Å². The molecule has 1 atom stereocenters. The van der Waals surface area contributed by atoms with E-state index in [2.05, 4.69) is 5.32 Å². The van der Waals surface area contributed by atoms with Crippen molar-refractivity contribution in [3.63, 3.8) is 0 Å². The predicted octanol–water partition coefficient (Wildman–Crippen LogP) is 3.83. The molecule has 0 aromatic heterocycles. The second-order valence-electron chi connectivity index (χ2n) is 4.37. The molecule has 2 nitrogen and oxygen atoms in total. The molecule has 0 saturated carbocycles. The lowest BCUT2D eigenvalue weighted by molar-refractivity contribution is -0.188. The number of hydrogen-bond acceptors (Lipinski definition) is 2. The van der Waals surface area contributed by atoms with Gasteiger partial charge < -0.3 is 5.32 Å². The summed E-state index contributed by atoms with van der Waals surface area (Å²) in [6.45, 7) is 1.34. The number of halogens is 7. The minimum absolute atomic E-state index is 0. The molecular formula is C12H15Cl3F4N2. The normalized spacial score (nSPS) is 17.6. The summed E-state index contributed by atoms with van der Waals surface area (Å²) in [7, 11) is 0. The van der Waals surface area contributed by atoms with E-state index in [-0.39, 0.29) is 42.9 Å². The second kappa shape index (κ2) is 8.39. The first-order valence-electron chi connectivity index (χ1n) is 5.86. The Bertz CT molecular complexity index is 451. The summed E-state index contributed by atoms with van der Waals surface area (Å²) >= 11 is 5.57. The van der Waals surface area contributed by atoms with Crippen LogP contribution in [0.4, 0.5) is 17.6 Å². The molecule has 2 rings (SSSR count). The van der Waals surface area contributed by atoms with Gasteiger partial charge in [0.05, 0.1) is 5.02 Å². The maximum absolute atomic E-state index is 13.9. The van der Waals surface area contributed by atoms with Crippen molar-refractivity contribution in [1.29, 1.82) is 0 Å². The largest absolute Gasteiger partial charge is 0.408 e. The van der Waals surface area contributed by atoms with Crippen LogP contribution in [0.1, 0.15) is 11.6 Å². The van der Waals surface area contributed by atoms with Crippen LogP contribution in [0.25, 0.3) is 0 Å². The van der Waals surface area contributed by atoms with Crippen molar-refractivity contribution in [2.75, 3.05) is 26.2 Å². The first-order valence-corrected chi connectivity index (χ1v) is 6.24. The van der Waals surface area contributed by atoms with Crippen LogP contribution in [0.3, 0.4) is 0 Å². The van der Waals surface area contributed by atoms with Gasteiger partial charge in [-0.1, -0.05) is 23.7 Å². The van der Waals surface area contributed by atoms with Crippen LogP contribution in [-0.2, 0) is 0 Å². The van der Waals surface area contributed by atoms with Crippen LogP contribution in [-0.4, -0.2) is 37.3 Å². The van der Waals surface area contributed by atoms with Gasteiger partial charge in [0.1, 0.15) is 11.9 Å². The summed E-state index contributed by atoms with van der Waals surface area (Å²) in [5.41, 5.74) is -0.415. The number of nitrogens with zero attached hydrogens (tertiary/aromatic N) is 1. The Morgan fingerprint density at radius 2 is 1.71 bits per heavy atom. The molecule has 0 bridgehead atoms. The topological polar surface area (TPSA) is 15.3 Å². The monoisotopic (exact) mass is 368 g/mol. The molecule has 0 amide bonds. The quantitative estimate of drug-likeness (QED) is 0.797. The van der Waals surface area contributed by atoms with Crippen LogP contribution in [0.15, 0.2) is 18.2 Å². The molecule has 1 aromatic carbocycles. The molecule has 1 heterocycles. The van der Waals surface area contributed by atoms with Gasteiger partial charge in [-0.2, -0.15) is 13.2 Å². The Balaban J connectivity index is 0.00000200. The van der Waals surface area contributed by atoms with E-state index >= 15 is 0 Å². The molecule has 0 unspecified atom stereocenters. The number of rotatable bonds is 2. The number of hydrogen-bond donors (Lipinski definition) is 1. The van der Waals surface area contributed by atoms with E-state index in [1.807, 2.05) is 0 Å². The lowest BCUT2D eigenvalue weighted by Crippen LogP contribution is -2.49. The highest BCUT2D eigenvalue weighted by atomic mass is 35.5. The molecular weight excluding hydrogens is 354 g/mol. The Morgan fingerprint density at radius 3 is 2.24 bits per heavy atom. The minimum atomic E-state index is -4.54. The lowest BCUT2D eigenvalue weighted by atomic mass is 10.0. The minimum Gasteiger partial charge on any atom is -0.314 e. The van der Waals surface area contributed by atoms with E-state index in [1.54, 1.807) is 0 Å². The predicted molar refractivity (Wildman–Crippen MR) is 79.1 cm³/mol. The maximum atomic E-state index is 13.9. The maximum Gasteiger partial charge on any atom is 0.408 e. The van der Waals surface area contributed by atoms with Crippen LogP contribution in [0, 0.1) is 5.82 Å². The Morgan fingerprint density at radius 1 is 1.14 bits per heavy atom. The summed E-state index contributed by atoms with van der Waals surface area (Å²) in [6.07, 6.45) is -4.54. The van der Waals surface area contributed by atoms with Crippen molar-refractivity contribution in [3.8, 4) is 0 Å². The molecule has 1 aliphatic heterocycles. The molecule has 1 saturated heterocycles. The highest BCUT2D eigenvalue weighted by Gasteiger charge is 2.46. The fourth-order valence-corrected chi connectivity index (χ4v) is 2.43. The van der Waals surface area contributed by atoms with Crippen LogP contribution < -0.4 is 5.32 Å². The number of nitrogens with one attached hydrogen (secondary N) is 1. The van der Waals surface area contributed by atoms with Gasteiger partial charge in [0.15, 0.2) is 0 Å². The zero-order valence-electron chi connectivity index (χ0n) is 10.8. The van der Waals surface area contributed by atoms with Gasteiger partial charge in [-0.15, -0.1) is 24.8 Å². The molecule has 9 heteroatoms. The standard InChI is InChI=1S/C12H13ClF4N2.2ClH/c13-9-3-1-2-8(10(9)14)11(12(15,16)17)19-6-4-18-5-7-19;;/h1-3,11,18H,4-7H2;2*1H/t11-;;/m0../s1. The van der Waals surface area contributed by atoms with Crippen molar-refractivity contribution in [2.24, 2.45) is 0 Å². The first kappa shape index (κ1) is 20.7. The van der Waals surface area contributed by atoms with E-state index in [4.69, 9.17) is 11.6 Å². The molecule has 0 radical (unpaired) electrons. The van der Waals surface area contributed by atoms with E-state index < -0.39 is 23.6 Å². The van der Waals surface area contributed by atoms with Crippen molar-refractivity contribution >= 4 is 36.4 Å². The summed E-state index contributed by atoms with van der Waals surface area (Å²) in [5.74, 6) is -0.995. The van der Waals surface area contributed by atoms with Crippen molar-refractivity contribution < 1.29 is 17.6 Å². The van der Waals surface area contributed by atoms with Crippen molar-refractivity contribution in [1.82, 2.24) is 10.2 Å². The average Bonchev–Trinajstić information content (AvgIpc) is 2.35. The summed E-state index contributed by atoms with van der Waals surface area (Å²) < 4.78 is 53.6. The van der Waals surface area contributed by atoms with Gasteiger partial charge in [0.2, 0.25) is 0 Å². The SMILES string of the molecule is Cl.Cl.Fc1c(Cl)cccc1[C@H](N1CCNCC1)C(F)(F)F. The number of alkyl halides is 3. The van der Waals surface area contributed by atoms with E-state index in [0.717, 1.165) is 6.07 Å². The molecule has 1 aliphatic rings. The molecule has 1 N–H and O–H groups in total. The summed E-state index contributed by atoms with van der Waals surface area (Å²) in [6, 6.07) is 1.77. The molecule has 0 aliphatic carbocycles. The van der Waals surface area contributed by atoms with Gasteiger partial charge >= 0.3 is 6.18 Å². The van der Waals surface area contributed by atoms with Crippen LogP contribution in [0.5, 0.6) is 0 Å². The van der Waals surface area contributed by atoms with Crippen LogP contribution in [0.2, 0.25) is 5.02 Å². The Kier molecular flexibility index (Phi) is 8.28. The molecule has 21 heavy (non-hydrogen) atoms. The summed E-state index contributed by atoms with van der Waals surface area (Å²) in [4.78, 5) is 1.23. The third-order valence-electron chi connectivity index (χ3n) is 3.10. The number of piperazine rings is 1. The van der Waals surface area contributed by atoms with Gasteiger partial charge in [-0.3, -0.25) is 4.90 Å².